The fraction of sp³-hybridized carbons (Fsp3) is 0.857. The van der Waals surface area contributed by atoms with Gasteiger partial charge >= 0.3 is 0 Å². The first-order valence-corrected chi connectivity index (χ1v) is 8.53. The van der Waals surface area contributed by atoms with E-state index in [1.807, 2.05) is 25.0 Å². The number of nitrogens with one attached hydrogen (secondary N) is 1. The average Bonchev–Trinajstić information content (AvgIpc) is 2.88. The van der Waals surface area contributed by atoms with Gasteiger partial charge in [-0.2, -0.15) is 11.8 Å². The Hall–Kier alpha value is -0.710. The summed E-state index contributed by atoms with van der Waals surface area (Å²) in [7, 11) is 0. The van der Waals surface area contributed by atoms with Crippen molar-refractivity contribution in [1.82, 2.24) is 10.2 Å². The quantitative estimate of drug-likeness (QED) is 0.856. The monoisotopic (exact) mass is 284 g/mol. The van der Waals surface area contributed by atoms with Crippen LogP contribution in [0.2, 0.25) is 0 Å². The van der Waals surface area contributed by atoms with Crippen molar-refractivity contribution in [2.45, 2.75) is 57.0 Å². The lowest BCUT2D eigenvalue weighted by Crippen LogP contribution is -2.74. The van der Waals surface area contributed by atoms with Gasteiger partial charge in [-0.15, -0.1) is 0 Å². The minimum absolute atomic E-state index is 0.0649. The van der Waals surface area contributed by atoms with Crippen LogP contribution in [0, 0.1) is 0 Å². The largest absolute Gasteiger partial charge is 0.340 e. The Bertz CT molecular complexity index is 380. The molecule has 2 amide bonds. The molecule has 2 aliphatic rings. The molecular formula is C14H24N2O2S. The van der Waals surface area contributed by atoms with Crippen LogP contribution >= 0.6 is 11.8 Å². The Morgan fingerprint density at radius 3 is 2.47 bits per heavy atom. The van der Waals surface area contributed by atoms with Crippen LogP contribution in [0.15, 0.2) is 0 Å². The van der Waals surface area contributed by atoms with Crippen LogP contribution in [-0.2, 0) is 9.59 Å². The van der Waals surface area contributed by atoms with Crippen molar-refractivity contribution in [1.29, 1.82) is 0 Å². The van der Waals surface area contributed by atoms with Gasteiger partial charge in [0.2, 0.25) is 11.8 Å². The smallest absolute Gasteiger partial charge is 0.248 e. The van der Waals surface area contributed by atoms with Crippen LogP contribution < -0.4 is 5.32 Å². The molecule has 1 heterocycles. The summed E-state index contributed by atoms with van der Waals surface area (Å²) < 4.78 is 0. The number of amides is 2. The zero-order valence-electron chi connectivity index (χ0n) is 12.1. The van der Waals surface area contributed by atoms with E-state index < -0.39 is 11.1 Å². The fourth-order valence-corrected chi connectivity index (χ4v) is 3.59. The van der Waals surface area contributed by atoms with Gasteiger partial charge in [0, 0.05) is 12.3 Å². The summed E-state index contributed by atoms with van der Waals surface area (Å²) in [6, 6.07) is 0. The Labute approximate surface area is 119 Å². The summed E-state index contributed by atoms with van der Waals surface area (Å²) in [4.78, 5) is 27.3. The number of carbonyl (C=O) groups excluding carboxylic acids is 2. The predicted octanol–water partition coefficient (Wildman–Crippen LogP) is 1.79. The number of nitrogens with zero attached hydrogens (tertiary/aromatic N) is 1. The first-order valence-electron chi connectivity index (χ1n) is 7.14. The van der Waals surface area contributed by atoms with Crippen LogP contribution in [0.3, 0.4) is 0 Å². The second kappa shape index (κ2) is 5.35. The Kier molecular flexibility index (Phi) is 4.14. The van der Waals surface area contributed by atoms with E-state index >= 15 is 0 Å². The highest BCUT2D eigenvalue weighted by molar-refractivity contribution is 7.98. The Morgan fingerprint density at radius 1 is 1.32 bits per heavy atom. The highest BCUT2D eigenvalue weighted by Crippen LogP contribution is 2.40. The van der Waals surface area contributed by atoms with E-state index in [0.717, 1.165) is 31.4 Å². The van der Waals surface area contributed by atoms with Gasteiger partial charge in [-0.25, -0.2) is 0 Å². The van der Waals surface area contributed by atoms with E-state index in [0.29, 0.717) is 13.0 Å². The molecule has 108 valence electrons. The standard InChI is InChI=1S/C14H24N2O2S/c1-4-13(2)12(18)16(9-10-19-3)14(11(17)15-13)7-5-6-8-14/h4-10H2,1-3H3,(H,15,17). The third-order valence-corrected chi connectivity index (χ3v) is 5.29. The van der Waals surface area contributed by atoms with Crippen molar-refractivity contribution in [2.24, 2.45) is 0 Å². The molecular weight excluding hydrogens is 260 g/mol. The van der Waals surface area contributed by atoms with Crippen LogP contribution in [0.1, 0.15) is 46.0 Å². The molecule has 1 atom stereocenters. The van der Waals surface area contributed by atoms with Crippen LogP contribution in [0.25, 0.3) is 0 Å². The zero-order chi connectivity index (χ0) is 14.1. The van der Waals surface area contributed by atoms with Crippen molar-refractivity contribution >= 4 is 23.6 Å². The molecule has 0 bridgehead atoms. The molecule has 0 radical (unpaired) electrons. The molecule has 1 spiro atoms. The average molecular weight is 284 g/mol. The zero-order valence-corrected chi connectivity index (χ0v) is 12.9. The summed E-state index contributed by atoms with van der Waals surface area (Å²) in [5.74, 6) is 1.06. The molecule has 4 nitrogen and oxygen atoms in total. The maximum Gasteiger partial charge on any atom is 0.248 e. The number of hydrogen-bond donors (Lipinski definition) is 1. The number of rotatable bonds is 4. The van der Waals surface area contributed by atoms with Crippen molar-refractivity contribution in [3.05, 3.63) is 0 Å². The van der Waals surface area contributed by atoms with E-state index in [2.05, 4.69) is 5.32 Å². The van der Waals surface area contributed by atoms with Crippen molar-refractivity contribution < 1.29 is 9.59 Å². The first kappa shape index (κ1) is 14.7. The van der Waals surface area contributed by atoms with Gasteiger partial charge in [0.05, 0.1) is 0 Å². The van der Waals surface area contributed by atoms with Gasteiger partial charge < -0.3 is 10.2 Å². The van der Waals surface area contributed by atoms with Crippen LogP contribution in [0.5, 0.6) is 0 Å². The molecule has 1 saturated carbocycles. The molecule has 0 aromatic heterocycles. The minimum atomic E-state index is -0.719. The molecule has 1 saturated heterocycles. The van der Waals surface area contributed by atoms with Crippen molar-refractivity contribution in [3.63, 3.8) is 0 Å². The van der Waals surface area contributed by atoms with E-state index in [9.17, 15) is 9.59 Å². The van der Waals surface area contributed by atoms with Gasteiger partial charge in [0.1, 0.15) is 11.1 Å². The molecule has 0 aromatic carbocycles. The molecule has 0 aromatic rings. The number of hydrogen-bond acceptors (Lipinski definition) is 3. The third-order valence-electron chi connectivity index (χ3n) is 4.70. The van der Waals surface area contributed by atoms with Gasteiger partial charge in [-0.05, 0) is 32.4 Å². The Balaban J connectivity index is 2.33. The molecule has 1 aliphatic carbocycles. The van der Waals surface area contributed by atoms with E-state index in [-0.39, 0.29) is 11.8 Å². The normalized spacial score (nSPS) is 29.9. The van der Waals surface area contributed by atoms with Crippen molar-refractivity contribution in [2.75, 3.05) is 18.6 Å². The number of carbonyl (C=O) groups is 2. The maximum atomic E-state index is 12.8. The summed E-state index contributed by atoms with van der Waals surface area (Å²) in [5.41, 5.74) is -1.27. The molecule has 1 N–H and O–H groups in total. The third kappa shape index (κ3) is 2.26. The number of thioether (sulfide) groups is 1. The lowest BCUT2D eigenvalue weighted by Gasteiger charge is -2.50. The molecule has 1 aliphatic heterocycles. The molecule has 19 heavy (non-hydrogen) atoms. The van der Waals surface area contributed by atoms with Crippen LogP contribution in [0.4, 0.5) is 0 Å². The van der Waals surface area contributed by atoms with E-state index in [1.165, 1.54) is 0 Å². The lowest BCUT2D eigenvalue weighted by molar-refractivity contribution is -0.162. The van der Waals surface area contributed by atoms with Crippen molar-refractivity contribution in [3.8, 4) is 0 Å². The SMILES string of the molecule is CCC1(C)NC(=O)C2(CCCC2)N(CCSC)C1=O. The van der Waals surface area contributed by atoms with E-state index in [1.54, 1.807) is 11.8 Å². The highest BCUT2D eigenvalue weighted by atomic mass is 32.2. The molecule has 1 unspecified atom stereocenters. The fourth-order valence-electron chi connectivity index (χ4n) is 3.23. The predicted molar refractivity (Wildman–Crippen MR) is 78.1 cm³/mol. The lowest BCUT2D eigenvalue weighted by atomic mass is 9.83. The summed E-state index contributed by atoms with van der Waals surface area (Å²) in [6.45, 7) is 4.49. The molecule has 2 fully saturated rings. The van der Waals surface area contributed by atoms with Gasteiger partial charge in [0.15, 0.2) is 0 Å². The van der Waals surface area contributed by atoms with Gasteiger partial charge in [-0.3, -0.25) is 9.59 Å². The summed E-state index contributed by atoms with van der Waals surface area (Å²) in [5, 5.41) is 2.99. The first-order chi connectivity index (χ1) is 9.00. The van der Waals surface area contributed by atoms with Gasteiger partial charge in [-0.1, -0.05) is 19.8 Å². The number of piperazine rings is 1. The second-order valence-electron chi connectivity index (χ2n) is 5.83. The second-order valence-corrected chi connectivity index (χ2v) is 6.81. The molecule has 5 heteroatoms. The maximum absolute atomic E-state index is 12.8. The molecule has 2 rings (SSSR count). The summed E-state index contributed by atoms with van der Waals surface area (Å²) >= 11 is 1.72. The van der Waals surface area contributed by atoms with Crippen LogP contribution in [-0.4, -0.2) is 46.3 Å². The highest BCUT2D eigenvalue weighted by Gasteiger charge is 2.56. The topological polar surface area (TPSA) is 49.4 Å². The van der Waals surface area contributed by atoms with Gasteiger partial charge in [0.25, 0.3) is 0 Å². The van der Waals surface area contributed by atoms with E-state index in [4.69, 9.17) is 0 Å². The Morgan fingerprint density at radius 2 is 1.95 bits per heavy atom. The minimum Gasteiger partial charge on any atom is -0.340 e. The summed E-state index contributed by atoms with van der Waals surface area (Å²) in [6.07, 6.45) is 6.40.